The summed E-state index contributed by atoms with van der Waals surface area (Å²) in [5.41, 5.74) is -0.284. The summed E-state index contributed by atoms with van der Waals surface area (Å²) >= 11 is 0. The lowest BCUT2D eigenvalue weighted by molar-refractivity contribution is 0.448. The second-order valence-corrected chi connectivity index (χ2v) is 3.38. The van der Waals surface area contributed by atoms with Gasteiger partial charge in [-0.25, -0.2) is 13.2 Å². The molecule has 1 heterocycles. The van der Waals surface area contributed by atoms with Gasteiger partial charge in [-0.1, -0.05) is 5.10 Å². The highest BCUT2D eigenvalue weighted by Crippen LogP contribution is 2.22. The fraction of sp³-hybridized carbons (Fsp3) is 0.200. The highest BCUT2D eigenvalue weighted by Gasteiger charge is 2.15. The molecule has 0 aliphatic carbocycles. The summed E-state index contributed by atoms with van der Waals surface area (Å²) in [6, 6.07) is 1.73. The van der Waals surface area contributed by atoms with Crippen molar-refractivity contribution >= 4 is 11.7 Å². The quantitative estimate of drug-likeness (QED) is 0.821. The summed E-state index contributed by atoms with van der Waals surface area (Å²) in [6.45, 7) is 0.342. The van der Waals surface area contributed by atoms with Gasteiger partial charge in [0.1, 0.15) is 0 Å². The summed E-state index contributed by atoms with van der Waals surface area (Å²) < 4.78 is 44.1. The van der Waals surface area contributed by atoms with Gasteiger partial charge in [0, 0.05) is 0 Å². The molecule has 0 saturated carbocycles. The predicted octanol–water partition coefficient (Wildman–Crippen LogP) is 1.95. The van der Waals surface area contributed by atoms with Crippen LogP contribution >= 0.6 is 0 Å². The number of benzene rings is 1. The molecular formula is C10H9F3N4O. The van der Waals surface area contributed by atoms with Gasteiger partial charge < -0.3 is 15.1 Å². The van der Waals surface area contributed by atoms with E-state index in [1.807, 2.05) is 0 Å². The lowest BCUT2D eigenvalue weighted by atomic mass is 10.3. The van der Waals surface area contributed by atoms with Crippen LogP contribution in [0.3, 0.4) is 0 Å². The first kappa shape index (κ1) is 12.4. The first-order valence-electron chi connectivity index (χ1n) is 4.99. The van der Waals surface area contributed by atoms with Crippen molar-refractivity contribution in [1.29, 1.82) is 0 Å². The highest BCUT2D eigenvalue weighted by atomic mass is 19.2. The van der Waals surface area contributed by atoms with Crippen molar-refractivity contribution in [2.75, 3.05) is 12.4 Å². The maximum absolute atomic E-state index is 13.3. The first-order chi connectivity index (χ1) is 8.61. The van der Waals surface area contributed by atoms with E-state index in [0.717, 1.165) is 12.1 Å². The number of rotatable bonds is 4. The molecule has 0 spiro atoms. The van der Waals surface area contributed by atoms with Crippen LogP contribution in [0.15, 0.2) is 16.5 Å². The molecule has 2 aromatic rings. The van der Waals surface area contributed by atoms with Crippen molar-refractivity contribution < 1.29 is 17.6 Å². The average molecular weight is 258 g/mol. The molecule has 0 amide bonds. The van der Waals surface area contributed by atoms with Crippen LogP contribution in [0, 0.1) is 17.5 Å². The fourth-order valence-electron chi connectivity index (χ4n) is 1.26. The normalized spacial score (nSPS) is 10.7. The average Bonchev–Trinajstić information content (AvgIpc) is 2.78. The number of hydrogen-bond acceptors (Lipinski definition) is 5. The molecule has 0 aliphatic rings. The smallest absolute Gasteiger partial charge is 0.320 e. The van der Waals surface area contributed by atoms with Gasteiger partial charge in [-0.3, -0.25) is 0 Å². The topological polar surface area (TPSA) is 63.0 Å². The Hall–Kier alpha value is -2.09. The Balaban J connectivity index is 2.20. The molecule has 0 unspecified atom stereocenters. The third-order valence-electron chi connectivity index (χ3n) is 2.07. The van der Waals surface area contributed by atoms with E-state index in [1.54, 1.807) is 7.05 Å². The lowest BCUT2D eigenvalue weighted by Crippen LogP contribution is -2.04. The largest absolute Gasteiger partial charge is 0.406 e. The zero-order valence-corrected chi connectivity index (χ0v) is 9.30. The standard InChI is InChI=1S/C10H9F3N4O/c1-14-4-7-16-17-10(18-7)15-6-3-2-5(11)8(12)9(6)13/h2-3,14H,4H2,1H3,(H,15,17). The Bertz CT molecular complexity index is 558. The monoisotopic (exact) mass is 258 g/mol. The van der Waals surface area contributed by atoms with E-state index >= 15 is 0 Å². The number of halogens is 3. The minimum atomic E-state index is -1.56. The number of nitrogens with one attached hydrogen (secondary N) is 2. The van der Waals surface area contributed by atoms with Gasteiger partial charge in [0.2, 0.25) is 5.89 Å². The molecule has 0 bridgehead atoms. The Kier molecular flexibility index (Phi) is 3.47. The van der Waals surface area contributed by atoms with Crippen molar-refractivity contribution in [2.45, 2.75) is 6.54 Å². The molecule has 0 aliphatic heterocycles. The third-order valence-corrected chi connectivity index (χ3v) is 2.07. The van der Waals surface area contributed by atoms with Gasteiger partial charge >= 0.3 is 6.01 Å². The van der Waals surface area contributed by atoms with Crippen LogP contribution in [0.1, 0.15) is 5.89 Å². The molecule has 18 heavy (non-hydrogen) atoms. The van der Waals surface area contributed by atoms with Crippen molar-refractivity contribution in [3.8, 4) is 0 Å². The fourth-order valence-corrected chi connectivity index (χ4v) is 1.26. The van der Waals surface area contributed by atoms with E-state index in [4.69, 9.17) is 4.42 Å². The summed E-state index contributed by atoms with van der Waals surface area (Å²) in [5.74, 6) is -3.89. The number of hydrogen-bond donors (Lipinski definition) is 2. The molecule has 0 fully saturated rings. The van der Waals surface area contributed by atoms with E-state index < -0.39 is 17.5 Å². The van der Waals surface area contributed by atoms with Crippen LogP contribution in [0.4, 0.5) is 24.9 Å². The molecule has 2 rings (SSSR count). The summed E-state index contributed by atoms with van der Waals surface area (Å²) in [6.07, 6.45) is 0. The molecule has 2 N–H and O–H groups in total. The molecular weight excluding hydrogens is 249 g/mol. The van der Waals surface area contributed by atoms with Gasteiger partial charge in [-0.15, -0.1) is 5.10 Å². The molecule has 5 nitrogen and oxygen atoms in total. The van der Waals surface area contributed by atoms with Crippen LogP contribution < -0.4 is 10.6 Å². The molecule has 1 aromatic heterocycles. The van der Waals surface area contributed by atoms with E-state index in [9.17, 15) is 13.2 Å². The second-order valence-electron chi connectivity index (χ2n) is 3.38. The zero-order chi connectivity index (χ0) is 13.1. The second kappa shape index (κ2) is 5.05. The van der Waals surface area contributed by atoms with Crippen molar-refractivity contribution in [3.63, 3.8) is 0 Å². The first-order valence-corrected chi connectivity index (χ1v) is 4.99. The number of anilines is 2. The maximum Gasteiger partial charge on any atom is 0.320 e. The Morgan fingerprint density at radius 2 is 1.94 bits per heavy atom. The molecule has 0 atom stereocenters. The van der Waals surface area contributed by atoms with Crippen LogP contribution in [0.25, 0.3) is 0 Å². The third kappa shape index (κ3) is 2.43. The lowest BCUT2D eigenvalue weighted by Gasteiger charge is -2.03. The molecule has 0 saturated heterocycles. The van der Waals surface area contributed by atoms with Crippen LogP contribution in [-0.2, 0) is 6.54 Å². The van der Waals surface area contributed by atoms with E-state index in [0.29, 0.717) is 6.54 Å². The SMILES string of the molecule is CNCc1nnc(Nc2ccc(F)c(F)c2F)o1. The van der Waals surface area contributed by atoms with E-state index in [2.05, 4.69) is 20.8 Å². The van der Waals surface area contributed by atoms with Crippen LogP contribution in [-0.4, -0.2) is 17.2 Å². The summed E-state index contributed by atoms with van der Waals surface area (Å²) in [4.78, 5) is 0. The van der Waals surface area contributed by atoms with Gasteiger partial charge in [0.15, 0.2) is 17.5 Å². The van der Waals surface area contributed by atoms with Crippen molar-refractivity contribution in [3.05, 3.63) is 35.5 Å². The number of nitrogens with zero attached hydrogens (tertiary/aromatic N) is 2. The van der Waals surface area contributed by atoms with Crippen molar-refractivity contribution in [1.82, 2.24) is 15.5 Å². The minimum Gasteiger partial charge on any atom is -0.406 e. The van der Waals surface area contributed by atoms with Gasteiger partial charge in [-0.05, 0) is 19.2 Å². The molecule has 0 radical (unpaired) electrons. The van der Waals surface area contributed by atoms with Crippen molar-refractivity contribution in [2.24, 2.45) is 0 Å². The highest BCUT2D eigenvalue weighted by molar-refractivity contribution is 5.52. The van der Waals surface area contributed by atoms with Gasteiger partial charge in [0.05, 0.1) is 12.2 Å². The zero-order valence-electron chi connectivity index (χ0n) is 9.30. The van der Waals surface area contributed by atoms with E-state index in [1.165, 1.54) is 0 Å². The Labute approximate surface area is 100 Å². The summed E-state index contributed by atoms with van der Waals surface area (Å²) in [5, 5.41) is 12.4. The molecule has 1 aromatic carbocycles. The summed E-state index contributed by atoms with van der Waals surface area (Å²) in [7, 11) is 1.69. The minimum absolute atomic E-state index is 0.106. The van der Waals surface area contributed by atoms with Crippen LogP contribution in [0.2, 0.25) is 0 Å². The maximum atomic E-state index is 13.3. The Morgan fingerprint density at radius 3 is 2.67 bits per heavy atom. The number of aromatic nitrogens is 2. The van der Waals surface area contributed by atoms with Crippen LogP contribution in [0.5, 0.6) is 0 Å². The predicted molar refractivity (Wildman–Crippen MR) is 56.7 cm³/mol. The van der Waals surface area contributed by atoms with E-state index in [-0.39, 0.29) is 17.6 Å². The Morgan fingerprint density at radius 1 is 1.17 bits per heavy atom. The van der Waals surface area contributed by atoms with Gasteiger partial charge in [0.25, 0.3) is 0 Å². The molecule has 96 valence electrons. The molecule has 8 heteroatoms. The van der Waals surface area contributed by atoms with Gasteiger partial charge in [-0.2, -0.15) is 0 Å².